The number of aliphatic hydroxyl groups excluding tert-OH is 2. The number of Topliss-reactive ketones (excluding diaryl/α,β-unsaturated/α-hetero) is 3. The van der Waals surface area contributed by atoms with Crippen molar-refractivity contribution in [3.05, 3.63) is 132 Å². The maximum Gasteiger partial charge on any atom is 0.309 e. The number of rotatable bonds is 31. The molecule has 1 unspecified atom stereocenters. The number of carboxylic acid groups (broad SMARTS) is 1. The lowest BCUT2D eigenvalue weighted by atomic mass is 9.90. The van der Waals surface area contributed by atoms with Crippen LogP contribution in [0, 0.1) is 17.8 Å². The van der Waals surface area contributed by atoms with E-state index >= 15 is 19.2 Å². The van der Waals surface area contributed by atoms with Crippen LogP contribution in [0.4, 0.5) is 5.69 Å². The molecule has 3 heterocycles. The second-order valence-electron chi connectivity index (χ2n) is 28.5. The monoisotopic (exact) mass is 1620 g/mol. The highest BCUT2D eigenvalue weighted by Gasteiger charge is 2.39. The van der Waals surface area contributed by atoms with Crippen molar-refractivity contribution in [3.8, 4) is 5.75 Å². The van der Waals surface area contributed by atoms with E-state index in [9.17, 15) is 58.8 Å². The Morgan fingerprint density at radius 3 is 1.79 bits per heavy atom. The Labute approximate surface area is 670 Å². The van der Waals surface area contributed by atoms with Gasteiger partial charge >= 0.3 is 5.97 Å². The molecular weight excluding hydrogens is 1520 g/mol. The minimum atomic E-state index is -1.62. The van der Waals surface area contributed by atoms with E-state index in [1.54, 1.807) is 60.8 Å². The number of aromatic nitrogens is 1. The fourth-order valence-electron chi connectivity index (χ4n) is 13.5. The summed E-state index contributed by atoms with van der Waals surface area (Å²) in [6.07, 6.45) is -2.83. The molecule has 2 saturated heterocycles. The molecule has 0 aliphatic carbocycles. The van der Waals surface area contributed by atoms with Crippen LogP contribution in [0.1, 0.15) is 88.1 Å². The first-order chi connectivity index (χ1) is 53.3. The van der Waals surface area contributed by atoms with E-state index in [4.69, 9.17) is 46.6 Å². The number of aromatic hydroxyl groups is 1. The number of unbranched alkanes of at least 4 members (excludes halogenated alkanes) is 1. The largest absolute Gasteiger partial charge is 0.508 e. The number of carbonyl (C=O) groups is 12. The van der Waals surface area contributed by atoms with Gasteiger partial charge in [0.25, 0.3) is 0 Å². The number of carboxylic acids is 1. The minimum absolute atomic E-state index is 0. The van der Waals surface area contributed by atoms with Gasteiger partial charge < -0.3 is 91.7 Å². The number of amides is 8. The van der Waals surface area contributed by atoms with E-state index in [-0.39, 0.29) is 108 Å². The van der Waals surface area contributed by atoms with E-state index in [1.165, 1.54) is 38.1 Å². The molecule has 1 aromatic heterocycles. The lowest BCUT2D eigenvalue weighted by molar-refractivity contribution is -0.148. The van der Waals surface area contributed by atoms with Crippen molar-refractivity contribution >= 4 is 126 Å². The van der Waals surface area contributed by atoms with Gasteiger partial charge in [-0.15, -0.1) is 0 Å². The molecule has 2 aliphatic heterocycles. The molecule has 2 aliphatic rings. The molecule has 4 aromatic carbocycles. The van der Waals surface area contributed by atoms with Crippen molar-refractivity contribution in [3.63, 3.8) is 0 Å². The first kappa shape index (κ1) is 92.4. The van der Waals surface area contributed by atoms with Gasteiger partial charge in [0.05, 0.1) is 80.3 Å². The third-order valence-corrected chi connectivity index (χ3v) is 22.4. The Morgan fingerprint density at radius 2 is 1.19 bits per heavy atom. The average Bonchev–Trinajstić information content (AvgIpc) is 1.76. The van der Waals surface area contributed by atoms with Crippen molar-refractivity contribution in [2.75, 3.05) is 95.4 Å². The van der Waals surface area contributed by atoms with Crippen LogP contribution in [0.3, 0.4) is 0 Å². The Balaban J connectivity index is 0.0000199. The first-order valence-corrected chi connectivity index (χ1v) is 39.9. The van der Waals surface area contributed by atoms with Gasteiger partial charge in [-0.25, -0.2) is 0 Å². The number of phenols is 1. The highest BCUT2D eigenvalue weighted by atomic mass is 33.1. The molecule has 36 heteroatoms. The summed E-state index contributed by atoms with van der Waals surface area (Å²) in [5, 5.41) is 60.2. The van der Waals surface area contributed by atoms with Gasteiger partial charge in [-0.3, -0.25) is 77.1 Å². The Bertz CT molecular complexity index is 4050. The molecule has 113 heavy (non-hydrogen) atoms. The number of aliphatic carboxylic acids is 1. The summed E-state index contributed by atoms with van der Waals surface area (Å²) in [6.45, 7) is 4.08. The zero-order valence-electron chi connectivity index (χ0n) is 62.7. The molecule has 2 fully saturated rings. The minimum Gasteiger partial charge on any atom is -0.508 e. The highest BCUT2D eigenvalue weighted by molar-refractivity contribution is 8.76. The van der Waals surface area contributed by atoms with Gasteiger partial charge in [0.1, 0.15) is 17.8 Å². The summed E-state index contributed by atoms with van der Waals surface area (Å²) >= 11 is 5.93. The summed E-state index contributed by atoms with van der Waals surface area (Å²) in [4.78, 5) is 177. The topological polar surface area (TPSA) is 543 Å². The number of aliphatic hydroxyl groups is 2. The van der Waals surface area contributed by atoms with Gasteiger partial charge in [-0.05, 0) is 111 Å². The first-order valence-electron chi connectivity index (χ1n) is 37.0. The lowest BCUT2D eigenvalue weighted by Crippen LogP contribution is -2.57. The zero-order chi connectivity index (χ0) is 81.7. The molecule has 7 rings (SSSR count). The maximum atomic E-state index is 15.4. The number of aromatic amines is 1. The summed E-state index contributed by atoms with van der Waals surface area (Å²) in [7, 11) is 1.91. The van der Waals surface area contributed by atoms with Crippen molar-refractivity contribution in [1.82, 2.24) is 51.2 Å². The van der Waals surface area contributed by atoms with Crippen molar-refractivity contribution in [2.45, 2.75) is 134 Å². The van der Waals surface area contributed by atoms with E-state index < -0.39 is 162 Å². The number of benzene rings is 4. The molecule has 0 spiro atoms. The van der Waals surface area contributed by atoms with Gasteiger partial charge in [0, 0.05) is 118 Å². The molecule has 12 atom stereocenters. The third-order valence-electron chi connectivity index (χ3n) is 19.7. The lowest BCUT2D eigenvalue weighted by Gasteiger charge is -2.38. The standard InChI is InChI=1S/C76H105N17O16S3.CH4/c1-44(94)55-34-62(97)58(14-8-9-23-77)85-74(107)60(32-49-36-83-57-13-7-6-12-54(49)57)87-73(106)59(31-47-17-21-53(96)22-18-47)86-71(104)50(42-111-112-43-61(88-72(55)105)63(98)35-56(45(2)95)75(108)109)33-64(99)69(82)70(48-10-4-3-5-11-48)89-76(110)84-51-19-15-46(16-20-51)30-52-37-92(40-67(80)102)27-26-90(38-65(78)100)24-25-91(39-66(79)101)28-29-93(52)41-68(81)103;/h3-7,10-13,15-22,36,44-45,50,52,55-56,58-61,69-70,83,94-96H,8-9,14,23-35,37-43,77,82H2,1-2H3,(H2,78,100)(H2,79,101)(H2,80,102)(H2,81,103)(H,85,107)(H,86,104)(H,87,106)(H,88,105)(H,108,109)(H2,84,89,110);1H4/t44-,45-,50+,52+,55+,56+,58+,59+,60-,61+,69+,70?;/m1./s1. The third kappa shape index (κ3) is 30.1. The van der Waals surface area contributed by atoms with Crippen molar-refractivity contribution in [2.24, 2.45) is 52.2 Å². The summed E-state index contributed by atoms with van der Waals surface area (Å²) in [5.41, 5.74) is 39.3. The predicted octanol–water partition coefficient (Wildman–Crippen LogP) is -0.541. The fourth-order valence-corrected chi connectivity index (χ4v) is 16.2. The number of H-pyrrole nitrogens is 1. The smallest absolute Gasteiger partial charge is 0.309 e. The van der Waals surface area contributed by atoms with Crippen LogP contribution >= 0.6 is 33.8 Å². The Morgan fingerprint density at radius 1 is 0.637 bits per heavy atom. The molecule has 8 amide bonds. The van der Waals surface area contributed by atoms with Crippen LogP contribution in [0.15, 0.2) is 109 Å². The molecule has 5 aromatic rings. The number of nitrogens with two attached hydrogens (primary N) is 6. The van der Waals surface area contributed by atoms with Crippen LogP contribution < -0.4 is 66.3 Å². The second-order valence-corrected chi connectivity index (χ2v) is 31.4. The van der Waals surface area contributed by atoms with Gasteiger partial charge in [0.15, 0.2) is 22.5 Å². The number of para-hydroxylation sites is 1. The van der Waals surface area contributed by atoms with Crippen LogP contribution in [0.2, 0.25) is 0 Å². The second kappa shape index (κ2) is 46.0. The summed E-state index contributed by atoms with van der Waals surface area (Å²) < 4.78 is 0. The van der Waals surface area contributed by atoms with Gasteiger partial charge in [0.2, 0.25) is 47.3 Å². The van der Waals surface area contributed by atoms with E-state index in [1.807, 2.05) is 43.9 Å². The van der Waals surface area contributed by atoms with Crippen LogP contribution in [-0.2, 0) is 76.8 Å². The number of ketones is 3. The van der Waals surface area contributed by atoms with Gasteiger partial charge in [-0.1, -0.05) is 102 Å². The molecule has 33 nitrogen and oxygen atoms in total. The van der Waals surface area contributed by atoms with Crippen LogP contribution in [-0.4, -0.2) is 259 Å². The molecule has 616 valence electrons. The summed E-state index contributed by atoms with van der Waals surface area (Å²) in [5.74, 6) is -14.9. The number of primary amides is 4. The average molecular weight is 1630 g/mol. The fraction of sp³-hybridized carbons (Fsp3) is 0.494. The number of nitrogens with one attached hydrogen (secondary N) is 7. The SMILES string of the molecule is C.C[C@@H](O)[C@H](CC(=O)[C@@H]1CSSC[C@H](CC(=O)[C@H](N)C(NC(=S)Nc2ccc(C[C@H]3CN(CC(N)=O)CCN(CC(N)=O)CCN(CC(N)=O)CCN3CC(N)=O)cc2)c2ccccc2)C(=O)N[C@@H](Cc2ccc(O)cc2)C(=O)N[C@H](Cc2c[nH]c3ccccc23)C(=O)N[C@@H](CCCCN)C(=O)C[C@@H]([C@@H](C)O)C(=O)N1)C(=O)O. The number of anilines is 1. The summed E-state index contributed by atoms with van der Waals surface area (Å²) in [6, 6.07) is 19.8. The number of nitrogens with zero attached hydrogens (tertiary/aromatic N) is 4. The van der Waals surface area contributed by atoms with E-state index in [0.717, 1.165) is 27.2 Å². The maximum absolute atomic E-state index is 15.4. The quantitative estimate of drug-likeness (QED) is 0.0150. The molecule has 23 N–H and O–H groups in total. The number of fused-ring (bicyclic) bond motifs is 1. The predicted molar refractivity (Wildman–Crippen MR) is 435 cm³/mol. The molecule has 0 radical (unpaired) electrons. The number of thiocarbonyl (C=S) groups is 1. The van der Waals surface area contributed by atoms with Gasteiger partial charge in [-0.2, -0.15) is 0 Å². The Hall–Kier alpha value is -9.47. The molecular formula is C77H109N17O16S3. The zero-order valence-corrected chi connectivity index (χ0v) is 65.2. The molecule has 0 bridgehead atoms. The number of carbonyl (C=O) groups excluding carboxylic acids is 11. The van der Waals surface area contributed by atoms with Crippen LogP contribution in [0.25, 0.3) is 10.9 Å². The van der Waals surface area contributed by atoms with Crippen molar-refractivity contribution in [1.29, 1.82) is 0 Å². The number of phenolic OH excluding ortho intramolecular Hbond substituents is 1. The van der Waals surface area contributed by atoms with Crippen molar-refractivity contribution < 1.29 is 78.0 Å². The van der Waals surface area contributed by atoms with E-state index in [2.05, 4.69) is 36.9 Å². The Kier molecular flexibility index (Phi) is 37.6. The molecule has 0 saturated carbocycles. The van der Waals surface area contributed by atoms with Crippen LogP contribution in [0.5, 0.6) is 5.75 Å². The normalized spacial score (nSPS) is 21.6. The van der Waals surface area contributed by atoms with E-state index in [0.29, 0.717) is 72.2 Å². The number of hydrogen-bond donors (Lipinski definition) is 17. The highest BCUT2D eigenvalue weighted by Crippen LogP contribution is 2.30. The number of hydrogen-bond acceptors (Lipinski definition) is 24.